The lowest BCUT2D eigenvalue weighted by atomic mass is 10.3. The summed E-state index contributed by atoms with van der Waals surface area (Å²) in [4.78, 5) is 10.5. The summed E-state index contributed by atoms with van der Waals surface area (Å²) in [5.41, 5.74) is 0. The van der Waals surface area contributed by atoms with E-state index in [1.54, 1.807) is 32.2 Å². The molecule has 1 rings (SSSR count). The number of carbonyl (C=O) groups is 1. The van der Waals surface area contributed by atoms with Gasteiger partial charge in [-0.15, -0.1) is 0 Å². The van der Waals surface area contributed by atoms with Crippen LogP contribution in [0, 0.1) is 0 Å². The van der Waals surface area contributed by atoms with Crippen molar-refractivity contribution in [3.63, 3.8) is 0 Å². The summed E-state index contributed by atoms with van der Waals surface area (Å²) in [7, 11) is 1.58. The molecule has 0 radical (unpaired) electrons. The van der Waals surface area contributed by atoms with E-state index >= 15 is 0 Å². The van der Waals surface area contributed by atoms with Crippen LogP contribution in [0.25, 0.3) is 0 Å². The maximum absolute atomic E-state index is 10.5. The van der Waals surface area contributed by atoms with Crippen LogP contribution >= 0.6 is 15.9 Å². The minimum absolute atomic E-state index is 0.0293. The molecule has 0 heterocycles. The van der Waals surface area contributed by atoms with E-state index < -0.39 is 5.97 Å². The van der Waals surface area contributed by atoms with Crippen molar-refractivity contribution in [3.05, 3.63) is 22.7 Å². The molecule has 1 atom stereocenters. The minimum atomic E-state index is -0.878. The highest BCUT2D eigenvalue weighted by Gasteiger charge is 2.11. The smallest absolute Gasteiger partial charge is 0.307 e. The molecule has 1 aromatic rings. The second kappa shape index (κ2) is 5.75. The van der Waals surface area contributed by atoms with Gasteiger partial charge in [0.15, 0.2) is 0 Å². The number of methoxy groups -OCH3 is 1. The molecular formula is C11H13BrO4. The Balaban J connectivity index is 2.70. The molecule has 5 heteroatoms. The zero-order valence-electron chi connectivity index (χ0n) is 9.07. The second-order valence-electron chi connectivity index (χ2n) is 3.32. The third kappa shape index (κ3) is 3.73. The number of benzene rings is 1. The third-order valence-corrected chi connectivity index (χ3v) is 2.55. The van der Waals surface area contributed by atoms with Crippen molar-refractivity contribution < 1.29 is 19.4 Å². The number of hydrogen-bond acceptors (Lipinski definition) is 3. The molecule has 88 valence electrons. The molecule has 16 heavy (non-hydrogen) atoms. The van der Waals surface area contributed by atoms with Gasteiger partial charge in [0, 0.05) is 0 Å². The molecule has 0 spiro atoms. The molecule has 0 aliphatic rings. The first kappa shape index (κ1) is 12.8. The topological polar surface area (TPSA) is 55.8 Å². The van der Waals surface area contributed by atoms with Gasteiger partial charge in [0.25, 0.3) is 0 Å². The Bertz CT molecular complexity index is 378. The van der Waals surface area contributed by atoms with E-state index in [4.69, 9.17) is 14.6 Å². The van der Waals surface area contributed by atoms with Crippen molar-refractivity contribution in [2.24, 2.45) is 0 Å². The first-order valence-electron chi connectivity index (χ1n) is 4.75. The summed E-state index contributed by atoms with van der Waals surface area (Å²) < 4.78 is 11.3. The van der Waals surface area contributed by atoms with E-state index in [1.807, 2.05) is 0 Å². The molecule has 0 fully saturated rings. The molecule has 1 N–H and O–H groups in total. The van der Waals surface area contributed by atoms with Gasteiger partial charge in [0.2, 0.25) is 0 Å². The predicted octanol–water partition coefficient (Wildman–Crippen LogP) is 2.70. The summed E-state index contributed by atoms with van der Waals surface area (Å²) in [6, 6.07) is 5.26. The first-order chi connectivity index (χ1) is 7.52. The maximum atomic E-state index is 10.5. The molecule has 4 nitrogen and oxygen atoms in total. The molecule has 0 aliphatic carbocycles. The van der Waals surface area contributed by atoms with E-state index in [-0.39, 0.29) is 12.5 Å². The average molecular weight is 289 g/mol. The van der Waals surface area contributed by atoms with Gasteiger partial charge in [0.1, 0.15) is 17.6 Å². The number of carboxylic acids is 1. The predicted molar refractivity (Wildman–Crippen MR) is 63.0 cm³/mol. The van der Waals surface area contributed by atoms with Crippen molar-refractivity contribution in [2.75, 3.05) is 7.11 Å². The van der Waals surface area contributed by atoms with Crippen LogP contribution in [0.4, 0.5) is 0 Å². The van der Waals surface area contributed by atoms with Crippen LogP contribution in [0.2, 0.25) is 0 Å². The van der Waals surface area contributed by atoms with Crippen LogP contribution in [-0.2, 0) is 4.79 Å². The monoisotopic (exact) mass is 288 g/mol. The zero-order chi connectivity index (χ0) is 12.1. The lowest BCUT2D eigenvalue weighted by Gasteiger charge is -2.14. The first-order valence-corrected chi connectivity index (χ1v) is 5.54. The van der Waals surface area contributed by atoms with Crippen LogP contribution in [-0.4, -0.2) is 24.3 Å². The fraction of sp³-hybridized carbons (Fsp3) is 0.364. The van der Waals surface area contributed by atoms with E-state index in [0.29, 0.717) is 11.5 Å². The van der Waals surface area contributed by atoms with Crippen LogP contribution < -0.4 is 9.47 Å². The maximum Gasteiger partial charge on any atom is 0.307 e. The Morgan fingerprint density at radius 1 is 1.56 bits per heavy atom. The Hall–Kier alpha value is -1.23. The van der Waals surface area contributed by atoms with Crippen molar-refractivity contribution in [2.45, 2.75) is 19.4 Å². The third-order valence-electron chi connectivity index (χ3n) is 1.93. The van der Waals surface area contributed by atoms with Crippen molar-refractivity contribution >= 4 is 21.9 Å². The van der Waals surface area contributed by atoms with Crippen LogP contribution in [0.5, 0.6) is 11.5 Å². The highest BCUT2D eigenvalue weighted by molar-refractivity contribution is 9.10. The molecule has 0 aliphatic heterocycles. The van der Waals surface area contributed by atoms with E-state index in [0.717, 1.165) is 4.47 Å². The van der Waals surface area contributed by atoms with Gasteiger partial charge in [0.05, 0.1) is 18.0 Å². The highest BCUT2D eigenvalue weighted by Crippen LogP contribution is 2.30. The molecule has 0 bridgehead atoms. The molecule has 0 amide bonds. The van der Waals surface area contributed by atoms with E-state index in [9.17, 15) is 4.79 Å². The number of carboxylic acid groups (broad SMARTS) is 1. The normalized spacial score (nSPS) is 11.9. The fourth-order valence-corrected chi connectivity index (χ4v) is 1.66. The number of aliphatic carboxylic acids is 1. The molecule has 0 saturated heterocycles. The summed E-state index contributed by atoms with van der Waals surface area (Å²) in [6.45, 7) is 1.71. The van der Waals surface area contributed by atoms with Gasteiger partial charge in [-0.1, -0.05) is 0 Å². The van der Waals surface area contributed by atoms with Gasteiger partial charge in [-0.05, 0) is 41.1 Å². The van der Waals surface area contributed by atoms with Crippen LogP contribution in [0.3, 0.4) is 0 Å². The van der Waals surface area contributed by atoms with E-state index in [2.05, 4.69) is 15.9 Å². The summed E-state index contributed by atoms with van der Waals surface area (Å²) in [6.07, 6.45) is -0.402. The Morgan fingerprint density at radius 3 is 2.75 bits per heavy atom. The number of halogens is 1. The molecule has 0 unspecified atom stereocenters. The number of rotatable bonds is 5. The van der Waals surface area contributed by atoms with Gasteiger partial charge in [-0.25, -0.2) is 0 Å². The number of ether oxygens (including phenoxy) is 2. The summed E-state index contributed by atoms with van der Waals surface area (Å²) >= 11 is 3.33. The van der Waals surface area contributed by atoms with Crippen LogP contribution in [0.15, 0.2) is 22.7 Å². The van der Waals surface area contributed by atoms with Gasteiger partial charge in [-0.2, -0.15) is 0 Å². The lowest BCUT2D eigenvalue weighted by molar-refractivity contribution is -0.138. The minimum Gasteiger partial charge on any atom is -0.497 e. The molecule has 1 aromatic carbocycles. The van der Waals surface area contributed by atoms with Gasteiger partial charge < -0.3 is 14.6 Å². The molecular weight excluding hydrogens is 276 g/mol. The lowest BCUT2D eigenvalue weighted by Crippen LogP contribution is -2.16. The Labute approximate surface area is 102 Å². The quantitative estimate of drug-likeness (QED) is 0.905. The average Bonchev–Trinajstić information content (AvgIpc) is 2.19. The summed E-state index contributed by atoms with van der Waals surface area (Å²) in [5, 5.41) is 8.60. The molecule has 0 aromatic heterocycles. The van der Waals surface area contributed by atoms with Gasteiger partial charge in [-0.3, -0.25) is 4.79 Å². The SMILES string of the molecule is COc1ccc(O[C@@H](C)CC(=O)O)c(Br)c1. The standard InChI is InChI=1S/C11H13BrO4/c1-7(5-11(13)14)16-10-4-3-8(15-2)6-9(10)12/h3-4,6-7H,5H2,1-2H3,(H,13,14)/t7-/m0/s1. The van der Waals surface area contributed by atoms with Gasteiger partial charge >= 0.3 is 5.97 Å². The van der Waals surface area contributed by atoms with Crippen LogP contribution in [0.1, 0.15) is 13.3 Å². The van der Waals surface area contributed by atoms with Crippen molar-refractivity contribution in [1.29, 1.82) is 0 Å². The van der Waals surface area contributed by atoms with E-state index in [1.165, 1.54) is 0 Å². The second-order valence-corrected chi connectivity index (χ2v) is 4.18. The highest BCUT2D eigenvalue weighted by atomic mass is 79.9. The largest absolute Gasteiger partial charge is 0.497 e. The Morgan fingerprint density at radius 2 is 2.25 bits per heavy atom. The Kier molecular flexibility index (Phi) is 4.61. The zero-order valence-corrected chi connectivity index (χ0v) is 10.7. The van der Waals surface area contributed by atoms with Crippen molar-refractivity contribution in [1.82, 2.24) is 0 Å². The van der Waals surface area contributed by atoms with Crippen molar-refractivity contribution in [3.8, 4) is 11.5 Å². The summed E-state index contributed by atoms with van der Waals surface area (Å²) in [5.74, 6) is 0.441. The molecule has 0 saturated carbocycles. The fourth-order valence-electron chi connectivity index (χ4n) is 1.21. The number of hydrogen-bond donors (Lipinski definition) is 1.